The molecule has 124 valence electrons. The molecule has 0 saturated carbocycles. The number of rotatable bonds is 3. The molecule has 0 bridgehead atoms. The first-order chi connectivity index (χ1) is 12.1. The third-order valence-corrected chi connectivity index (χ3v) is 4.35. The van der Waals surface area contributed by atoms with Gasteiger partial charge in [0.2, 0.25) is 0 Å². The largest absolute Gasteiger partial charge is 0.335 e. The van der Waals surface area contributed by atoms with Crippen molar-refractivity contribution in [1.82, 2.24) is 15.1 Å². The summed E-state index contributed by atoms with van der Waals surface area (Å²) in [5.41, 5.74) is 1.60. The van der Waals surface area contributed by atoms with Gasteiger partial charge < -0.3 is 4.52 Å². The van der Waals surface area contributed by atoms with E-state index in [9.17, 15) is 9.18 Å². The maximum Gasteiger partial charge on any atom is 0.259 e. The number of halogens is 1. The molecule has 0 spiro atoms. The van der Waals surface area contributed by atoms with E-state index in [2.05, 4.69) is 20.4 Å². The lowest BCUT2D eigenvalue weighted by molar-refractivity contribution is 0.102. The molecule has 4 aromatic rings. The number of amides is 1. The summed E-state index contributed by atoms with van der Waals surface area (Å²) < 4.78 is 19.3. The van der Waals surface area contributed by atoms with E-state index in [-0.39, 0.29) is 17.2 Å². The monoisotopic (exact) mass is 354 g/mol. The quantitative estimate of drug-likeness (QED) is 0.600. The lowest BCUT2D eigenvalue weighted by Gasteiger charge is -2.07. The van der Waals surface area contributed by atoms with Gasteiger partial charge in [0, 0.05) is 17.1 Å². The zero-order valence-corrected chi connectivity index (χ0v) is 13.8. The fourth-order valence-corrected chi connectivity index (χ4v) is 3.05. The molecule has 0 fully saturated rings. The summed E-state index contributed by atoms with van der Waals surface area (Å²) in [7, 11) is 0. The average molecular weight is 354 g/mol. The highest BCUT2D eigenvalue weighted by atomic mass is 32.1. The summed E-state index contributed by atoms with van der Waals surface area (Å²) in [5.74, 6) is -0.817. The molecule has 3 heterocycles. The van der Waals surface area contributed by atoms with Crippen LogP contribution in [0.4, 0.5) is 9.52 Å². The molecule has 0 unspecified atom stereocenters. The number of carbonyl (C=O) groups is 1. The maximum atomic E-state index is 14.1. The van der Waals surface area contributed by atoms with Crippen LogP contribution in [-0.2, 0) is 0 Å². The first-order valence-corrected chi connectivity index (χ1v) is 8.24. The van der Waals surface area contributed by atoms with E-state index in [1.54, 1.807) is 36.7 Å². The Hall–Kier alpha value is -3.13. The van der Waals surface area contributed by atoms with Gasteiger partial charge in [0.25, 0.3) is 11.6 Å². The smallest absolute Gasteiger partial charge is 0.259 e. The number of benzene rings is 1. The molecule has 0 aliphatic rings. The van der Waals surface area contributed by atoms with Crippen molar-refractivity contribution in [1.29, 1.82) is 0 Å². The highest BCUT2D eigenvalue weighted by molar-refractivity contribution is 7.13. The summed E-state index contributed by atoms with van der Waals surface area (Å²) >= 11 is 1.30. The molecule has 4 rings (SSSR count). The van der Waals surface area contributed by atoms with Crippen molar-refractivity contribution in [2.24, 2.45) is 0 Å². The van der Waals surface area contributed by atoms with Crippen LogP contribution < -0.4 is 5.32 Å². The summed E-state index contributed by atoms with van der Waals surface area (Å²) in [5, 5.41) is 9.31. The third-order valence-electron chi connectivity index (χ3n) is 3.66. The van der Waals surface area contributed by atoms with Crippen LogP contribution in [0.2, 0.25) is 0 Å². The van der Waals surface area contributed by atoms with Gasteiger partial charge in [-0.15, -0.1) is 11.3 Å². The molecule has 1 aromatic carbocycles. The SMILES string of the molecule is Cc1noc2nc(-c3ccccc3F)cc(C(=O)Nc3nccs3)c12. The Morgan fingerprint density at radius 3 is 2.92 bits per heavy atom. The number of hydrogen-bond donors (Lipinski definition) is 1. The topological polar surface area (TPSA) is 80.9 Å². The standard InChI is InChI=1S/C17H11FN4O2S/c1-9-14-11(15(23)21-17-19-6-7-25-17)8-13(20-16(14)24-22-9)10-4-2-3-5-12(10)18/h2-8H,1H3,(H,19,21,23). The first kappa shape index (κ1) is 15.4. The summed E-state index contributed by atoms with van der Waals surface area (Å²) in [6, 6.07) is 7.75. The molecular formula is C17H11FN4O2S. The van der Waals surface area contributed by atoms with Gasteiger partial charge in [0.1, 0.15) is 5.82 Å². The zero-order chi connectivity index (χ0) is 17.4. The highest BCUT2D eigenvalue weighted by Crippen LogP contribution is 2.29. The van der Waals surface area contributed by atoms with Crippen molar-refractivity contribution in [3.8, 4) is 11.3 Å². The molecule has 0 saturated heterocycles. The van der Waals surface area contributed by atoms with Gasteiger partial charge in [-0.05, 0) is 25.1 Å². The second kappa shape index (κ2) is 6.06. The Bertz CT molecular complexity index is 1080. The molecule has 1 N–H and O–H groups in total. The van der Waals surface area contributed by atoms with Gasteiger partial charge in [0.15, 0.2) is 5.13 Å². The fraction of sp³-hybridized carbons (Fsp3) is 0.0588. The number of thiazole rings is 1. The van der Waals surface area contributed by atoms with Crippen LogP contribution in [0.25, 0.3) is 22.4 Å². The second-order valence-electron chi connectivity index (χ2n) is 5.27. The minimum Gasteiger partial charge on any atom is -0.335 e. The van der Waals surface area contributed by atoms with Crippen molar-refractivity contribution in [2.45, 2.75) is 6.92 Å². The van der Waals surface area contributed by atoms with Crippen molar-refractivity contribution in [3.63, 3.8) is 0 Å². The minimum atomic E-state index is -0.433. The number of nitrogens with zero attached hydrogens (tertiary/aromatic N) is 3. The van der Waals surface area contributed by atoms with Gasteiger partial charge in [-0.1, -0.05) is 17.3 Å². The highest BCUT2D eigenvalue weighted by Gasteiger charge is 2.20. The minimum absolute atomic E-state index is 0.183. The zero-order valence-electron chi connectivity index (χ0n) is 13.0. The maximum absolute atomic E-state index is 14.1. The molecular weight excluding hydrogens is 343 g/mol. The van der Waals surface area contributed by atoms with Crippen LogP contribution in [-0.4, -0.2) is 21.0 Å². The Balaban J connectivity index is 1.88. The lowest BCUT2D eigenvalue weighted by atomic mass is 10.0. The van der Waals surface area contributed by atoms with Gasteiger partial charge in [-0.2, -0.15) is 0 Å². The van der Waals surface area contributed by atoms with Crippen LogP contribution in [0.5, 0.6) is 0 Å². The van der Waals surface area contributed by atoms with Gasteiger partial charge in [-0.3, -0.25) is 10.1 Å². The molecule has 6 nitrogen and oxygen atoms in total. The van der Waals surface area contributed by atoms with Crippen LogP contribution in [0.1, 0.15) is 16.1 Å². The van der Waals surface area contributed by atoms with Gasteiger partial charge in [0.05, 0.1) is 22.3 Å². The number of aryl methyl sites for hydroxylation is 1. The third kappa shape index (κ3) is 2.76. The van der Waals surface area contributed by atoms with Crippen molar-refractivity contribution >= 4 is 33.5 Å². The van der Waals surface area contributed by atoms with E-state index in [0.29, 0.717) is 27.5 Å². The number of anilines is 1. The molecule has 0 radical (unpaired) electrons. The average Bonchev–Trinajstić information content (AvgIpc) is 3.24. The predicted octanol–water partition coefficient (Wildman–Crippen LogP) is 4.05. The molecule has 0 atom stereocenters. The molecule has 0 aliphatic heterocycles. The predicted molar refractivity (Wildman–Crippen MR) is 92.0 cm³/mol. The van der Waals surface area contributed by atoms with Crippen LogP contribution in [0, 0.1) is 12.7 Å². The Morgan fingerprint density at radius 1 is 1.32 bits per heavy atom. The molecule has 25 heavy (non-hydrogen) atoms. The van der Waals surface area contributed by atoms with Gasteiger partial charge >= 0.3 is 0 Å². The number of nitrogens with one attached hydrogen (secondary N) is 1. The van der Waals surface area contributed by atoms with E-state index in [4.69, 9.17) is 4.52 Å². The summed E-state index contributed by atoms with van der Waals surface area (Å²) in [6.45, 7) is 1.72. The molecule has 0 aliphatic carbocycles. The molecule has 1 amide bonds. The van der Waals surface area contributed by atoms with E-state index in [1.807, 2.05) is 0 Å². The second-order valence-corrected chi connectivity index (χ2v) is 6.17. The van der Waals surface area contributed by atoms with E-state index in [0.717, 1.165) is 0 Å². The number of hydrogen-bond acceptors (Lipinski definition) is 6. The normalized spacial score (nSPS) is 11.0. The fourth-order valence-electron chi connectivity index (χ4n) is 2.53. The number of pyridine rings is 1. The number of carbonyl (C=O) groups excluding carboxylic acids is 1. The van der Waals surface area contributed by atoms with E-state index < -0.39 is 5.82 Å². The Kier molecular flexibility index (Phi) is 3.73. The van der Waals surface area contributed by atoms with Crippen LogP contribution >= 0.6 is 11.3 Å². The summed E-state index contributed by atoms with van der Waals surface area (Å²) in [4.78, 5) is 21.1. The Morgan fingerprint density at radius 2 is 2.16 bits per heavy atom. The lowest BCUT2D eigenvalue weighted by Crippen LogP contribution is -2.13. The van der Waals surface area contributed by atoms with E-state index >= 15 is 0 Å². The van der Waals surface area contributed by atoms with E-state index in [1.165, 1.54) is 23.5 Å². The van der Waals surface area contributed by atoms with Crippen LogP contribution in [0.15, 0.2) is 46.4 Å². The summed E-state index contributed by atoms with van der Waals surface area (Å²) in [6.07, 6.45) is 1.60. The molecule has 8 heteroatoms. The molecule has 3 aromatic heterocycles. The van der Waals surface area contributed by atoms with Crippen molar-refractivity contribution in [3.05, 3.63) is 59.0 Å². The van der Waals surface area contributed by atoms with Crippen LogP contribution in [0.3, 0.4) is 0 Å². The van der Waals surface area contributed by atoms with Gasteiger partial charge in [-0.25, -0.2) is 14.4 Å². The Labute approximate surface area is 145 Å². The first-order valence-electron chi connectivity index (χ1n) is 7.36. The van der Waals surface area contributed by atoms with Crippen molar-refractivity contribution < 1.29 is 13.7 Å². The van der Waals surface area contributed by atoms with Crippen molar-refractivity contribution in [2.75, 3.05) is 5.32 Å². The number of fused-ring (bicyclic) bond motifs is 1. The number of aromatic nitrogens is 3.